The van der Waals surface area contributed by atoms with Gasteiger partial charge in [-0.1, -0.05) is 50.3 Å². The van der Waals surface area contributed by atoms with E-state index in [-0.39, 0.29) is 24.3 Å². The third-order valence-electron chi connectivity index (χ3n) is 10.2. The minimum Gasteiger partial charge on any atom is -0.457 e. The SMILES string of the molecule is CC(C)(C)OC(=O)/C=C/c1ccc(NC(=O)C2(NC(=O)c3ccc4c(C5CCCCC5)c5n(c4c3)CC(=O)Nc3cccnc3-5)CCCC2)cc1. The summed E-state index contributed by atoms with van der Waals surface area (Å²) in [5.41, 5.74) is 4.58. The monoisotopic (exact) mass is 687 g/mol. The van der Waals surface area contributed by atoms with Crippen molar-refractivity contribution in [1.82, 2.24) is 14.9 Å². The van der Waals surface area contributed by atoms with E-state index in [0.717, 1.165) is 66.4 Å². The van der Waals surface area contributed by atoms with E-state index < -0.39 is 17.1 Å². The van der Waals surface area contributed by atoms with Crippen molar-refractivity contribution in [2.24, 2.45) is 0 Å². The number of anilines is 2. The maximum atomic E-state index is 14.0. The van der Waals surface area contributed by atoms with Crippen LogP contribution < -0.4 is 16.0 Å². The molecule has 10 heteroatoms. The number of benzene rings is 2. The van der Waals surface area contributed by atoms with E-state index in [1.165, 1.54) is 18.1 Å². The van der Waals surface area contributed by atoms with Crippen LogP contribution in [0, 0.1) is 0 Å². The van der Waals surface area contributed by atoms with Gasteiger partial charge in [0.15, 0.2) is 0 Å². The molecule has 3 aliphatic rings. The van der Waals surface area contributed by atoms with Crippen molar-refractivity contribution in [2.75, 3.05) is 10.6 Å². The molecule has 0 unspecified atom stereocenters. The van der Waals surface area contributed by atoms with E-state index in [1.807, 2.05) is 67.8 Å². The third-order valence-corrected chi connectivity index (χ3v) is 10.2. The van der Waals surface area contributed by atoms with Crippen molar-refractivity contribution in [2.45, 2.75) is 102 Å². The number of hydrogen-bond donors (Lipinski definition) is 3. The largest absolute Gasteiger partial charge is 0.457 e. The molecule has 0 spiro atoms. The van der Waals surface area contributed by atoms with Gasteiger partial charge in [-0.2, -0.15) is 0 Å². The second-order valence-electron chi connectivity index (χ2n) is 15.0. The second-order valence-corrected chi connectivity index (χ2v) is 15.0. The lowest BCUT2D eigenvalue weighted by atomic mass is 9.82. The number of fused-ring (bicyclic) bond motifs is 5. The van der Waals surface area contributed by atoms with Crippen molar-refractivity contribution >= 4 is 52.0 Å². The van der Waals surface area contributed by atoms with Crippen LogP contribution in [0.5, 0.6) is 0 Å². The number of carbonyl (C=O) groups is 4. The Hall–Kier alpha value is -5.25. The Morgan fingerprint density at radius 1 is 0.980 bits per heavy atom. The smallest absolute Gasteiger partial charge is 0.331 e. The highest BCUT2D eigenvalue weighted by Crippen LogP contribution is 2.46. The minimum absolute atomic E-state index is 0.113. The van der Waals surface area contributed by atoms with Crippen LogP contribution in [-0.4, -0.2) is 44.4 Å². The quantitative estimate of drug-likeness (QED) is 0.135. The first kappa shape index (κ1) is 34.2. The molecule has 264 valence electrons. The van der Waals surface area contributed by atoms with Crippen molar-refractivity contribution < 1.29 is 23.9 Å². The highest BCUT2D eigenvalue weighted by molar-refractivity contribution is 6.07. The number of nitrogens with one attached hydrogen (secondary N) is 3. The standard InChI is InChI=1S/C41H45N5O5/c1-40(2,3)51-34(48)20-15-26-13-17-29(18-14-26)43-39(50)41(21-7-8-22-41)45-38(49)28-16-19-30-32(24-28)46-25-33(47)44-31-12-9-23-42-36(31)37(46)35(30)27-10-5-4-6-11-27/h9,12-20,23-24,27H,4-8,10-11,21-22,25H2,1-3H3,(H,43,50)(H,44,47)(H,45,49)/b20-15+. The van der Waals surface area contributed by atoms with E-state index in [2.05, 4.69) is 16.0 Å². The molecule has 2 fully saturated rings. The number of pyridine rings is 1. The zero-order chi connectivity index (χ0) is 35.8. The van der Waals surface area contributed by atoms with Crippen molar-refractivity contribution in [3.8, 4) is 11.4 Å². The van der Waals surface area contributed by atoms with E-state index in [1.54, 1.807) is 24.4 Å². The molecule has 0 atom stereocenters. The van der Waals surface area contributed by atoms with Crippen molar-refractivity contribution in [3.63, 3.8) is 0 Å². The van der Waals surface area contributed by atoms with Gasteiger partial charge in [0.1, 0.15) is 23.4 Å². The lowest BCUT2D eigenvalue weighted by Crippen LogP contribution is -2.55. The van der Waals surface area contributed by atoms with E-state index in [9.17, 15) is 19.2 Å². The molecule has 51 heavy (non-hydrogen) atoms. The highest BCUT2D eigenvalue weighted by atomic mass is 16.6. The van der Waals surface area contributed by atoms with Gasteiger partial charge >= 0.3 is 5.97 Å². The molecule has 3 heterocycles. The number of carbonyl (C=O) groups excluding carboxylic acids is 4. The molecule has 0 bridgehead atoms. The van der Waals surface area contributed by atoms with Crippen LogP contribution in [0.1, 0.15) is 106 Å². The Bertz CT molecular complexity index is 2030. The van der Waals surface area contributed by atoms with Crippen LogP contribution in [-0.2, 0) is 25.7 Å². The van der Waals surface area contributed by atoms with Crippen LogP contribution in [0.3, 0.4) is 0 Å². The van der Waals surface area contributed by atoms with E-state index >= 15 is 0 Å². The first-order valence-electron chi connectivity index (χ1n) is 18.1. The summed E-state index contributed by atoms with van der Waals surface area (Å²) in [5.74, 6) is -0.827. The first-order chi connectivity index (χ1) is 24.5. The van der Waals surface area contributed by atoms with Gasteiger partial charge in [-0.3, -0.25) is 19.4 Å². The summed E-state index contributed by atoms with van der Waals surface area (Å²) in [7, 11) is 0. The Balaban J connectivity index is 1.15. The second kappa shape index (κ2) is 13.8. The summed E-state index contributed by atoms with van der Waals surface area (Å²) in [4.78, 5) is 57.9. The van der Waals surface area contributed by atoms with Crippen LogP contribution in [0.15, 0.2) is 66.9 Å². The molecule has 1 aliphatic heterocycles. The normalized spacial score (nSPS) is 17.4. The number of esters is 1. The summed E-state index contributed by atoms with van der Waals surface area (Å²) >= 11 is 0. The van der Waals surface area contributed by atoms with Gasteiger partial charge in [0.2, 0.25) is 11.8 Å². The number of nitrogens with zero attached hydrogens (tertiary/aromatic N) is 2. The fourth-order valence-corrected chi connectivity index (χ4v) is 7.87. The molecule has 0 radical (unpaired) electrons. The first-order valence-corrected chi connectivity index (χ1v) is 18.1. The lowest BCUT2D eigenvalue weighted by molar-refractivity contribution is -0.148. The maximum Gasteiger partial charge on any atom is 0.331 e. The molecule has 2 aliphatic carbocycles. The molecule has 7 rings (SSSR count). The number of hydrogen-bond acceptors (Lipinski definition) is 6. The third kappa shape index (κ3) is 7.18. The zero-order valence-corrected chi connectivity index (χ0v) is 29.5. The van der Waals surface area contributed by atoms with Crippen molar-refractivity contribution in [3.05, 3.63) is 83.6 Å². The van der Waals surface area contributed by atoms with Gasteiger partial charge < -0.3 is 25.3 Å². The number of amides is 3. The lowest BCUT2D eigenvalue weighted by Gasteiger charge is -2.29. The predicted molar refractivity (Wildman–Crippen MR) is 198 cm³/mol. The van der Waals surface area contributed by atoms with Gasteiger partial charge in [-0.25, -0.2) is 4.79 Å². The summed E-state index contributed by atoms with van der Waals surface area (Å²) in [6.07, 6.45) is 13.2. The van der Waals surface area contributed by atoms with Crippen molar-refractivity contribution in [1.29, 1.82) is 0 Å². The molecule has 2 aromatic carbocycles. The topological polar surface area (TPSA) is 131 Å². The molecule has 10 nitrogen and oxygen atoms in total. The van der Waals surface area contributed by atoms with E-state index in [0.29, 0.717) is 35.7 Å². The van der Waals surface area contributed by atoms with Crippen LogP contribution >= 0.6 is 0 Å². The molecule has 3 amide bonds. The average molecular weight is 688 g/mol. The Kier molecular flexibility index (Phi) is 9.26. The highest BCUT2D eigenvalue weighted by Gasteiger charge is 2.43. The zero-order valence-electron chi connectivity index (χ0n) is 29.5. The molecule has 3 N–H and O–H groups in total. The molecular formula is C41H45N5O5. The van der Waals surface area contributed by atoms with Gasteiger partial charge in [-0.05, 0) is 106 Å². The summed E-state index contributed by atoms with van der Waals surface area (Å²) in [5, 5.41) is 10.2. The Morgan fingerprint density at radius 3 is 2.45 bits per heavy atom. The Labute approximate surface area is 298 Å². The van der Waals surface area contributed by atoms with E-state index in [4.69, 9.17) is 9.72 Å². The number of rotatable bonds is 7. The van der Waals surface area contributed by atoms with Gasteiger partial charge in [0, 0.05) is 28.9 Å². The number of aromatic nitrogens is 2. The summed E-state index contributed by atoms with van der Waals surface area (Å²) in [6.45, 7) is 5.56. The summed E-state index contributed by atoms with van der Waals surface area (Å²) in [6, 6.07) is 16.6. The van der Waals surface area contributed by atoms with Crippen LogP contribution in [0.4, 0.5) is 11.4 Å². The fourth-order valence-electron chi connectivity index (χ4n) is 7.87. The Morgan fingerprint density at radius 2 is 1.73 bits per heavy atom. The molecule has 4 aromatic rings. The maximum absolute atomic E-state index is 14.0. The summed E-state index contributed by atoms with van der Waals surface area (Å²) < 4.78 is 7.35. The van der Waals surface area contributed by atoms with Crippen LogP contribution in [0.2, 0.25) is 0 Å². The van der Waals surface area contributed by atoms with Gasteiger partial charge in [0.25, 0.3) is 5.91 Å². The molecular weight excluding hydrogens is 642 g/mol. The fraction of sp³-hybridized carbons (Fsp3) is 0.390. The van der Waals surface area contributed by atoms with Gasteiger partial charge in [-0.15, -0.1) is 0 Å². The number of ether oxygens (including phenoxy) is 1. The van der Waals surface area contributed by atoms with Gasteiger partial charge in [0.05, 0.1) is 16.9 Å². The van der Waals surface area contributed by atoms with Crippen LogP contribution in [0.25, 0.3) is 28.4 Å². The molecule has 0 saturated heterocycles. The molecule has 2 aromatic heterocycles. The average Bonchev–Trinajstić information content (AvgIpc) is 3.67. The predicted octanol–water partition coefficient (Wildman–Crippen LogP) is 7.74. The minimum atomic E-state index is -1.06. The molecule has 2 saturated carbocycles.